The highest BCUT2D eigenvalue weighted by Crippen LogP contribution is 2.40. The lowest BCUT2D eigenvalue weighted by Gasteiger charge is -2.34. The van der Waals surface area contributed by atoms with Gasteiger partial charge in [0.25, 0.3) is 0 Å². The fourth-order valence-corrected chi connectivity index (χ4v) is 2.61. The van der Waals surface area contributed by atoms with Crippen LogP contribution in [0.5, 0.6) is 0 Å². The number of carboxylic acids is 1. The van der Waals surface area contributed by atoms with E-state index in [0.717, 1.165) is 25.7 Å². The summed E-state index contributed by atoms with van der Waals surface area (Å²) in [6, 6.07) is 0.255. The van der Waals surface area contributed by atoms with Crippen molar-refractivity contribution >= 4 is 11.9 Å². The highest BCUT2D eigenvalue weighted by atomic mass is 16.4. The van der Waals surface area contributed by atoms with Gasteiger partial charge in [0.2, 0.25) is 5.91 Å². The molecule has 2 N–H and O–H groups in total. The summed E-state index contributed by atoms with van der Waals surface area (Å²) in [7, 11) is 0. The molecule has 0 aliphatic heterocycles. The van der Waals surface area contributed by atoms with Gasteiger partial charge in [0.15, 0.2) is 0 Å². The number of amides is 1. The van der Waals surface area contributed by atoms with Crippen LogP contribution in [0.25, 0.3) is 0 Å². The van der Waals surface area contributed by atoms with E-state index in [2.05, 4.69) is 19.2 Å². The summed E-state index contributed by atoms with van der Waals surface area (Å²) >= 11 is 0. The molecule has 2 atom stereocenters. The Balaban J connectivity index is 1.76. The van der Waals surface area contributed by atoms with E-state index < -0.39 is 11.9 Å². The first-order valence-electron chi connectivity index (χ1n) is 6.42. The Bertz CT molecular complexity index is 328. The second-order valence-electron chi connectivity index (χ2n) is 6.23. The number of hydrogen-bond acceptors (Lipinski definition) is 2. The molecule has 0 heterocycles. The van der Waals surface area contributed by atoms with Crippen LogP contribution in [0.3, 0.4) is 0 Å². The summed E-state index contributed by atoms with van der Waals surface area (Å²) in [4.78, 5) is 22.4. The number of nitrogens with one attached hydrogen (secondary N) is 1. The molecule has 2 rings (SSSR count). The zero-order valence-corrected chi connectivity index (χ0v) is 10.5. The zero-order valence-electron chi connectivity index (χ0n) is 10.5. The van der Waals surface area contributed by atoms with Crippen molar-refractivity contribution in [2.75, 3.05) is 0 Å². The molecule has 1 amide bonds. The molecule has 0 aromatic carbocycles. The third kappa shape index (κ3) is 2.99. The molecule has 2 fully saturated rings. The quantitative estimate of drug-likeness (QED) is 0.789. The SMILES string of the molecule is CC1(C)CCC(NC(=O)[C@@H]2C[C@@H]2C(=O)O)CC1. The Labute approximate surface area is 102 Å². The van der Waals surface area contributed by atoms with Crippen molar-refractivity contribution in [3.05, 3.63) is 0 Å². The molecule has 96 valence electrons. The van der Waals surface area contributed by atoms with Gasteiger partial charge >= 0.3 is 5.97 Å². The molecule has 0 aromatic rings. The molecule has 2 aliphatic carbocycles. The van der Waals surface area contributed by atoms with Gasteiger partial charge in [-0.15, -0.1) is 0 Å². The van der Waals surface area contributed by atoms with Crippen LogP contribution in [-0.2, 0) is 9.59 Å². The van der Waals surface area contributed by atoms with Crippen LogP contribution in [0, 0.1) is 17.3 Å². The number of carboxylic acid groups (broad SMARTS) is 1. The van der Waals surface area contributed by atoms with Crippen LogP contribution >= 0.6 is 0 Å². The minimum absolute atomic E-state index is 0.0536. The zero-order chi connectivity index (χ0) is 12.6. The first-order valence-corrected chi connectivity index (χ1v) is 6.42. The van der Waals surface area contributed by atoms with E-state index in [9.17, 15) is 9.59 Å². The van der Waals surface area contributed by atoms with Crippen LogP contribution in [0.15, 0.2) is 0 Å². The predicted octanol–water partition coefficient (Wildman–Crippen LogP) is 1.79. The molecule has 0 bridgehead atoms. The highest BCUT2D eigenvalue weighted by Gasteiger charge is 2.48. The fraction of sp³-hybridized carbons (Fsp3) is 0.846. The van der Waals surface area contributed by atoms with Crippen molar-refractivity contribution in [3.63, 3.8) is 0 Å². The van der Waals surface area contributed by atoms with Gasteiger partial charge in [-0.1, -0.05) is 13.8 Å². The van der Waals surface area contributed by atoms with Gasteiger partial charge in [-0.25, -0.2) is 0 Å². The Morgan fingerprint density at radius 2 is 1.76 bits per heavy atom. The topological polar surface area (TPSA) is 66.4 Å². The molecule has 17 heavy (non-hydrogen) atoms. The lowest BCUT2D eigenvalue weighted by Crippen LogP contribution is -2.40. The summed E-state index contributed by atoms with van der Waals surface area (Å²) in [6.07, 6.45) is 4.81. The summed E-state index contributed by atoms with van der Waals surface area (Å²) in [5, 5.41) is 11.8. The monoisotopic (exact) mass is 239 g/mol. The maximum Gasteiger partial charge on any atom is 0.307 e. The van der Waals surface area contributed by atoms with E-state index >= 15 is 0 Å². The summed E-state index contributed by atoms with van der Waals surface area (Å²) < 4.78 is 0. The van der Waals surface area contributed by atoms with Crippen LogP contribution in [-0.4, -0.2) is 23.0 Å². The average molecular weight is 239 g/mol. The third-order valence-electron chi connectivity index (χ3n) is 4.13. The van der Waals surface area contributed by atoms with E-state index in [4.69, 9.17) is 5.11 Å². The molecular formula is C13H21NO3. The minimum atomic E-state index is -0.838. The second kappa shape index (κ2) is 4.31. The lowest BCUT2D eigenvalue weighted by atomic mass is 9.75. The molecule has 2 aliphatic rings. The molecule has 0 saturated heterocycles. The third-order valence-corrected chi connectivity index (χ3v) is 4.13. The lowest BCUT2D eigenvalue weighted by molar-refractivity contribution is -0.140. The second-order valence-corrected chi connectivity index (χ2v) is 6.23. The van der Waals surface area contributed by atoms with E-state index in [1.165, 1.54) is 0 Å². The minimum Gasteiger partial charge on any atom is -0.481 e. The van der Waals surface area contributed by atoms with E-state index in [0.29, 0.717) is 11.8 Å². The normalized spacial score (nSPS) is 31.9. The number of aliphatic carboxylic acids is 1. The molecule has 0 unspecified atom stereocenters. The summed E-state index contributed by atoms with van der Waals surface area (Å²) in [6.45, 7) is 4.51. The Hall–Kier alpha value is -1.06. The first kappa shape index (κ1) is 12.4. The average Bonchev–Trinajstić information content (AvgIpc) is 3.01. The molecule has 2 saturated carbocycles. The van der Waals surface area contributed by atoms with Crippen LogP contribution in [0.1, 0.15) is 46.0 Å². The summed E-state index contributed by atoms with van der Waals surface area (Å²) in [5.74, 6) is -1.60. The molecule has 0 aromatic heterocycles. The van der Waals surface area contributed by atoms with Crippen molar-refractivity contribution in [1.29, 1.82) is 0 Å². The Kier molecular flexibility index (Phi) is 3.15. The van der Waals surface area contributed by atoms with Gasteiger partial charge in [0.05, 0.1) is 11.8 Å². The van der Waals surface area contributed by atoms with Crippen molar-refractivity contribution in [3.8, 4) is 0 Å². The van der Waals surface area contributed by atoms with Crippen molar-refractivity contribution in [2.45, 2.75) is 52.0 Å². The van der Waals surface area contributed by atoms with E-state index in [1.807, 2.05) is 0 Å². The molecule has 0 radical (unpaired) electrons. The predicted molar refractivity (Wildman–Crippen MR) is 63.4 cm³/mol. The van der Waals surface area contributed by atoms with Gasteiger partial charge in [0, 0.05) is 6.04 Å². The summed E-state index contributed by atoms with van der Waals surface area (Å²) in [5.41, 5.74) is 0.393. The van der Waals surface area contributed by atoms with Gasteiger partial charge in [-0.2, -0.15) is 0 Å². The standard InChI is InChI=1S/C13H21NO3/c1-13(2)5-3-8(4-6-13)14-11(15)9-7-10(9)12(16)17/h8-10H,3-7H2,1-2H3,(H,14,15)(H,16,17)/t9-,10+/m1/s1. The first-order chi connectivity index (χ1) is 7.89. The van der Waals surface area contributed by atoms with Gasteiger partial charge in [-0.3, -0.25) is 9.59 Å². The van der Waals surface area contributed by atoms with Gasteiger partial charge in [-0.05, 0) is 37.5 Å². The van der Waals surface area contributed by atoms with Crippen molar-refractivity contribution in [1.82, 2.24) is 5.32 Å². The smallest absolute Gasteiger partial charge is 0.307 e. The van der Waals surface area contributed by atoms with E-state index in [-0.39, 0.29) is 17.9 Å². The number of hydrogen-bond donors (Lipinski definition) is 2. The Morgan fingerprint density at radius 1 is 1.18 bits per heavy atom. The maximum atomic E-state index is 11.8. The van der Waals surface area contributed by atoms with Crippen LogP contribution in [0.2, 0.25) is 0 Å². The molecule has 4 heteroatoms. The fourth-order valence-electron chi connectivity index (χ4n) is 2.61. The molecule has 4 nitrogen and oxygen atoms in total. The van der Waals surface area contributed by atoms with Gasteiger partial charge < -0.3 is 10.4 Å². The molecular weight excluding hydrogens is 218 g/mol. The van der Waals surface area contributed by atoms with Crippen LogP contribution in [0.4, 0.5) is 0 Å². The Morgan fingerprint density at radius 3 is 2.24 bits per heavy atom. The molecule has 0 spiro atoms. The number of rotatable bonds is 3. The number of carbonyl (C=O) groups excluding carboxylic acids is 1. The van der Waals surface area contributed by atoms with Crippen LogP contribution < -0.4 is 5.32 Å². The maximum absolute atomic E-state index is 11.8. The van der Waals surface area contributed by atoms with Gasteiger partial charge in [0.1, 0.15) is 0 Å². The highest BCUT2D eigenvalue weighted by molar-refractivity contribution is 5.89. The van der Waals surface area contributed by atoms with Crippen molar-refractivity contribution < 1.29 is 14.7 Å². The largest absolute Gasteiger partial charge is 0.481 e. The van der Waals surface area contributed by atoms with E-state index in [1.54, 1.807) is 0 Å². The number of carbonyl (C=O) groups is 2. The van der Waals surface area contributed by atoms with Crippen molar-refractivity contribution in [2.24, 2.45) is 17.3 Å².